The maximum absolute atomic E-state index is 11.2. The van der Waals surface area contributed by atoms with Gasteiger partial charge < -0.3 is 16.2 Å². The summed E-state index contributed by atoms with van der Waals surface area (Å²) in [5, 5.41) is 0.865. The molecule has 0 bridgehead atoms. The van der Waals surface area contributed by atoms with Crippen LogP contribution in [0, 0.1) is 0 Å². The van der Waals surface area contributed by atoms with Gasteiger partial charge in [0.1, 0.15) is 5.75 Å². The number of anilines is 1. The van der Waals surface area contributed by atoms with Crippen LogP contribution in [0.25, 0.3) is 10.9 Å². The van der Waals surface area contributed by atoms with Crippen molar-refractivity contribution in [1.29, 1.82) is 0 Å². The van der Waals surface area contributed by atoms with Gasteiger partial charge >= 0.3 is 0 Å². The summed E-state index contributed by atoms with van der Waals surface area (Å²) in [6.45, 7) is 0. The predicted molar refractivity (Wildman–Crippen MR) is 81.2 cm³/mol. The van der Waals surface area contributed by atoms with Gasteiger partial charge in [0.25, 0.3) is 0 Å². The highest BCUT2D eigenvalue weighted by molar-refractivity contribution is 5.94. The van der Waals surface area contributed by atoms with Gasteiger partial charge in [-0.15, -0.1) is 0 Å². The summed E-state index contributed by atoms with van der Waals surface area (Å²) in [7, 11) is 0. The number of aromatic nitrogens is 1. The lowest BCUT2D eigenvalue weighted by Gasteiger charge is -2.11. The van der Waals surface area contributed by atoms with Gasteiger partial charge in [-0.3, -0.25) is 9.78 Å². The lowest BCUT2D eigenvalue weighted by Crippen LogP contribution is -2.11. The first kappa shape index (κ1) is 12.9. The summed E-state index contributed by atoms with van der Waals surface area (Å²) in [6, 6.07) is 14.0. The first-order valence-corrected chi connectivity index (χ1v) is 6.36. The summed E-state index contributed by atoms with van der Waals surface area (Å²) in [5.41, 5.74) is 12.8. The minimum atomic E-state index is -0.528. The van der Waals surface area contributed by atoms with Gasteiger partial charge in [0.05, 0.1) is 11.2 Å². The van der Waals surface area contributed by atoms with Crippen LogP contribution in [0.2, 0.25) is 0 Å². The van der Waals surface area contributed by atoms with E-state index in [0.717, 1.165) is 10.9 Å². The molecule has 0 saturated heterocycles. The van der Waals surface area contributed by atoms with Gasteiger partial charge in [-0.25, -0.2) is 0 Å². The van der Waals surface area contributed by atoms with Gasteiger partial charge in [-0.2, -0.15) is 0 Å². The molecule has 0 saturated carbocycles. The van der Waals surface area contributed by atoms with E-state index in [1.54, 1.807) is 18.3 Å². The fourth-order valence-electron chi connectivity index (χ4n) is 2.06. The number of pyridine rings is 1. The lowest BCUT2D eigenvalue weighted by atomic mass is 10.1. The topological polar surface area (TPSA) is 91.2 Å². The molecule has 21 heavy (non-hydrogen) atoms. The Morgan fingerprint density at radius 3 is 2.71 bits per heavy atom. The number of ether oxygens (including phenoxy) is 1. The number of carbonyl (C=O) groups is 1. The standard InChI is InChI=1S/C16H13N3O2/c17-12-7-6-10(16(18)20)9-15(12)21-14-5-1-4-13-11(14)3-2-8-19-13/h1-9H,17H2,(H2,18,20). The Balaban J connectivity index is 2.06. The molecule has 1 heterocycles. The third-order valence-electron chi connectivity index (χ3n) is 3.12. The predicted octanol–water partition coefficient (Wildman–Crippen LogP) is 2.71. The van der Waals surface area contributed by atoms with Gasteiger partial charge in [0.15, 0.2) is 5.75 Å². The summed E-state index contributed by atoms with van der Waals surface area (Å²) in [5.74, 6) is 0.482. The van der Waals surface area contributed by atoms with Crippen LogP contribution in [0.3, 0.4) is 0 Å². The molecule has 3 rings (SSSR count). The van der Waals surface area contributed by atoms with Crippen molar-refractivity contribution in [1.82, 2.24) is 4.98 Å². The number of benzene rings is 2. The van der Waals surface area contributed by atoms with Crippen molar-refractivity contribution in [2.45, 2.75) is 0 Å². The van der Waals surface area contributed by atoms with E-state index in [0.29, 0.717) is 22.7 Å². The average molecular weight is 279 g/mol. The lowest BCUT2D eigenvalue weighted by molar-refractivity contribution is 0.1000. The number of hydrogen-bond acceptors (Lipinski definition) is 4. The molecule has 0 aliphatic rings. The van der Waals surface area contributed by atoms with Crippen molar-refractivity contribution in [2.24, 2.45) is 5.73 Å². The zero-order valence-corrected chi connectivity index (χ0v) is 11.1. The fourth-order valence-corrected chi connectivity index (χ4v) is 2.06. The number of primary amides is 1. The highest BCUT2D eigenvalue weighted by atomic mass is 16.5. The number of amides is 1. The minimum Gasteiger partial charge on any atom is -0.454 e. The number of nitrogens with two attached hydrogens (primary N) is 2. The van der Waals surface area contributed by atoms with Gasteiger partial charge in [-0.05, 0) is 42.5 Å². The van der Waals surface area contributed by atoms with E-state index in [2.05, 4.69) is 4.98 Å². The van der Waals surface area contributed by atoms with Crippen LogP contribution < -0.4 is 16.2 Å². The minimum absolute atomic E-state index is 0.345. The van der Waals surface area contributed by atoms with Gasteiger partial charge in [0, 0.05) is 17.1 Å². The van der Waals surface area contributed by atoms with Crippen LogP contribution in [0.15, 0.2) is 54.7 Å². The number of carbonyl (C=O) groups excluding carboxylic acids is 1. The highest BCUT2D eigenvalue weighted by Crippen LogP contribution is 2.32. The Bertz CT molecular complexity index is 825. The van der Waals surface area contributed by atoms with E-state index in [9.17, 15) is 4.79 Å². The Labute approximate surface area is 121 Å². The van der Waals surface area contributed by atoms with Crippen molar-refractivity contribution in [3.63, 3.8) is 0 Å². The Kier molecular flexibility index (Phi) is 3.16. The molecule has 1 aromatic heterocycles. The van der Waals surface area contributed by atoms with Crippen LogP contribution in [0.1, 0.15) is 10.4 Å². The molecule has 0 aliphatic carbocycles. The van der Waals surface area contributed by atoms with E-state index < -0.39 is 5.91 Å². The molecule has 1 amide bonds. The summed E-state index contributed by atoms with van der Waals surface area (Å²) in [4.78, 5) is 15.5. The maximum Gasteiger partial charge on any atom is 0.248 e. The third kappa shape index (κ3) is 2.49. The quantitative estimate of drug-likeness (QED) is 0.721. The molecule has 5 nitrogen and oxygen atoms in total. The van der Waals surface area contributed by atoms with E-state index in [1.807, 2.05) is 30.3 Å². The smallest absolute Gasteiger partial charge is 0.248 e. The molecular formula is C16H13N3O2. The second kappa shape index (κ2) is 5.13. The number of rotatable bonds is 3. The molecule has 0 unspecified atom stereocenters. The molecule has 0 aliphatic heterocycles. The first-order chi connectivity index (χ1) is 10.1. The normalized spacial score (nSPS) is 10.5. The Morgan fingerprint density at radius 1 is 1.05 bits per heavy atom. The number of nitrogens with zero attached hydrogens (tertiary/aromatic N) is 1. The van der Waals surface area contributed by atoms with Crippen LogP contribution in [0.4, 0.5) is 5.69 Å². The molecule has 3 aromatic rings. The van der Waals surface area contributed by atoms with E-state index in [1.165, 1.54) is 6.07 Å². The van der Waals surface area contributed by atoms with E-state index in [4.69, 9.17) is 16.2 Å². The van der Waals surface area contributed by atoms with Crippen LogP contribution in [-0.2, 0) is 0 Å². The monoisotopic (exact) mass is 279 g/mol. The highest BCUT2D eigenvalue weighted by Gasteiger charge is 2.09. The Hall–Kier alpha value is -3.08. The largest absolute Gasteiger partial charge is 0.454 e. The Morgan fingerprint density at radius 2 is 1.90 bits per heavy atom. The van der Waals surface area contributed by atoms with E-state index in [-0.39, 0.29) is 0 Å². The summed E-state index contributed by atoms with van der Waals surface area (Å²) in [6.07, 6.45) is 1.72. The molecule has 0 spiro atoms. The number of hydrogen-bond donors (Lipinski definition) is 2. The number of nitrogen functional groups attached to an aromatic ring is 1. The SMILES string of the molecule is NC(=O)c1ccc(N)c(Oc2cccc3ncccc23)c1. The summed E-state index contributed by atoms with van der Waals surface area (Å²) >= 11 is 0. The molecule has 5 heteroatoms. The van der Waals surface area contributed by atoms with Gasteiger partial charge in [0.2, 0.25) is 5.91 Å². The van der Waals surface area contributed by atoms with Crippen molar-refractivity contribution < 1.29 is 9.53 Å². The van der Waals surface area contributed by atoms with Crippen molar-refractivity contribution in [2.75, 3.05) is 5.73 Å². The molecule has 104 valence electrons. The van der Waals surface area contributed by atoms with Crippen LogP contribution in [-0.4, -0.2) is 10.9 Å². The average Bonchev–Trinajstić information content (AvgIpc) is 2.49. The summed E-state index contributed by atoms with van der Waals surface area (Å²) < 4.78 is 5.84. The molecular weight excluding hydrogens is 266 g/mol. The third-order valence-corrected chi connectivity index (χ3v) is 3.12. The number of fused-ring (bicyclic) bond motifs is 1. The zero-order chi connectivity index (χ0) is 14.8. The zero-order valence-electron chi connectivity index (χ0n) is 11.1. The first-order valence-electron chi connectivity index (χ1n) is 6.36. The van der Waals surface area contributed by atoms with Crippen LogP contribution in [0.5, 0.6) is 11.5 Å². The van der Waals surface area contributed by atoms with Crippen LogP contribution >= 0.6 is 0 Å². The second-order valence-electron chi connectivity index (χ2n) is 4.55. The fraction of sp³-hybridized carbons (Fsp3) is 0. The van der Waals surface area contributed by atoms with Crippen molar-refractivity contribution in [3.8, 4) is 11.5 Å². The molecule has 0 fully saturated rings. The molecule has 2 aromatic carbocycles. The van der Waals surface area contributed by atoms with Crippen molar-refractivity contribution >= 4 is 22.5 Å². The molecule has 0 radical (unpaired) electrons. The second-order valence-corrected chi connectivity index (χ2v) is 4.55. The maximum atomic E-state index is 11.2. The van der Waals surface area contributed by atoms with Crippen molar-refractivity contribution in [3.05, 3.63) is 60.3 Å². The molecule has 0 atom stereocenters. The van der Waals surface area contributed by atoms with Gasteiger partial charge in [-0.1, -0.05) is 6.07 Å². The van der Waals surface area contributed by atoms with E-state index >= 15 is 0 Å². The molecule has 4 N–H and O–H groups in total.